The van der Waals surface area contributed by atoms with Crippen molar-refractivity contribution in [1.29, 1.82) is 0 Å². The molecule has 0 unspecified atom stereocenters. The summed E-state index contributed by atoms with van der Waals surface area (Å²) in [5.41, 5.74) is 1.77. The molecule has 0 aliphatic carbocycles. The zero-order valence-electron chi connectivity index (χ0n) is 18.2. The van der Waals surface area contributed by atoms with E-state index >= 15 is 0 Å². The summed E-state index contributed by atoms with van der Waals surface area (Å²) in [4.78, 5) is 42.4. The zero-order chi connectivity index (χ0) is 22.3. The number of amides is 3. The first-order chi connectivity index (χ1) is 15.5. The number of benzene rings is 2. The Balaban J connectivity index is 1.52. The highest BCUT2D eigenvalue weighted by Gasteiger charge is 2.59. The summed E-state index contributed by atoms with van der Waals surface area (Å²) in [5, 5.41) is 3.04. The molecule has 3 heterocycles. The second-order valence-electron chi connectivity index (χ2n) is 8.72. The molecule has 7 heteroatoms. The van der Waals surface area contributed by atoms with Crippen LogP contribution in [0, 0.1) is 0 Å². The second kappa shape index (κ2) is 7.97. The summed E-state index contributed by atoms with van der Waals surface area (Å²) < 4.78 is 5.44. The first kappa shape index (κ1) is 20.5. The van der Waals surface area contributed by atoms with Gasteiger partial charge in [-0.25, -0.2) is 0 Å². The monoisotopic (exact) mass is 433 g/mol. The van der Waals surface area contributed by atoms with Crippen molar-refractivity contribution < 1.29 is 19.1 Å². The minimum Gasteiger partial charge on any atom is -0.497 e. The van der Waals surface area contributed by atoms with Crippen molar-refractivity contribution in [2.24, 2.45) is 0 Å². The van der Waals surface area contributed by atoms with Crippen LogP contribution in [0.3, 0.4) is 0 Å². The van der Waals surface area contributed by atoms with Crippen LogP contribution in [-0.4, -0.2) is 54.3 Å². The maximum Gasteiger partial charge on any atom is 0.237 e. The number of likely N-dealkylation sites (tertiary alicyclic amines) is 2. The molecule has 2 fully saturated rings. The molecule has 2 atom stereocenters. The normalized spacial score (nSPS) is 24.2. The molecule has 32 heavy (non-hydrogen) atoms. The number of methoxy groups -OCH3 is 1. The van der Waals surface area contributed by atoms with E-state index in [1.165, 1.54) is 0 Å². The number of fused-ring (bicyclic) bond motifs is 2. The van der Waals surface area contributed by atoms with Crippen molar-refractivity contribution in [2.45, 2.75) is 37.1 Å². The predicted molar refractivity (Wildman–Crippen MR) is 119 cm³/mol. The first-order valence-corrected chi connectivity index (χ1v) is 11.2. The number of anilines is 1. The average molecular weight is 434 g/mol. The van der Waals surface area contributed by atoms with Gasteiger partial charge in [-0.3, -0.25) is 14.4 Å². The van der Waals surface area contributed by atoms with Crippen LogP contribution < -0.4 is 10.1 Å². The van der Waals surface area contributed by atoms with E-state index in [1.807, 2.05) is 53.4 Å². The molecule has 5 rings (SSSR count). The largest absolute Gasteiger partial charge is 0.497 e. The molecule has 7 nitrogen and oxygen atoms in total. The second-order valence-corrected chi connectivity index (χ2v) is 8.72. The Morgan fingerprint density at radius 3 is 2.78 bits per heavy atom. The molecule has 0 bridgehead atoms. The van der Waals surface area contributed by atoms with Crippen molar-refractivity contribution in [3.8, 4) is 5.75 Å². The molecule has 2 aromatic rings. The molecule has 1 N–H and O–H groups in total. The summed E-state index contributed by atoms with van der Waals surface area (Å²) in [7, 11) is 1.61. The van der Waals surface area contributed by atoms with Crippen molar-refractivity contribution in [3.63, 3.8) is 0 Å². The zero-order valence-corrected chi connectivity index (χ0v) is 18.2. The quantitative estimate of drug-likeness (QED) is 0.787. The molecule has 0 radical (unpaired) electrons. The molecular formula is C25H27N3O4. The van der Waals surface area contributed by atoms with E-state index in [0.717, 1.165) is 23.2 Å². The standard InChI is InChI=1S/C25H27N3O4/c1-32-18-7-4-6-17(16-18)23-25(19-8-2-3-9-20(19)26-24(25)31)12-15-28(23)22(30)11-14-27-13-5-10-21(27)29/h2-4,6-9,16,23H,5,10-15H2,1H3,(H,26,31)/t23-,25+/m0/s1. The van der Waals surface area contributed by atoms with E-state index in [4.69, 9.17) is 4.74 Å². The maximum absolute atomic E-state index is 13.4. The lowest BCUT2D eigenvalue weighted by molar-refractivity contribution is -0.134. The summed E-state index contributed by atoms with van der Waals surface area (Å²) in [6, 6.07) is 14.9. The van der Waals surface area contributed by atoms with Gasteiger partial charge in [-0.1, -0.05) is 30.3 Å². The molecular weight excluding hydrogens is 406 g/mol. The number of rotatable bonds is 5. The van der Waals surface area contributed by atoms with Crippen LogP contribution in [0.25, 0.3) is 0 Å². The number of nitrogens with zero attached hydrogens (tertiary/aromatic N) is 2. The van der Waals surface area contributed by atoms with Gasteiger partial charge in [0, 0.05) is 38.2 Å². The van der Waals surface area contributed by atoms with Gasteiger partial charge in [-0.05, 0) is 42.2 Å². The highest BCUT2D eigenvalue weighted by atomic mass is 16.5. The Bertz CT molecular complexity index is 1080. The van der Waals surface area contributed by atoms with Crippen molar-refractivity contribution in [1.82, 2.24) is 9.80 Å². The Morgan fingerprint density at radius 2 is 2.00 bits per heavy atom. The number of para-hydroxylation sites is 1. The Kier molecular flexibility index (Phi) is 5.12. The molecule has 1 spiro atoms. The molecule has 0 aromatic heterocycles. The van der Waals surface area contributed by atoms with Gasteiger partial charge in [-0.2, -0.15) is 0 Å². The molecule has 0 saturated carbocycles. The minimum absolute atomic E-state index is 0.0356. The summed E-state index contributed by atoms with van der Waals surface area (Å²) in [6.07, 6.45) is 2.21. The number of carbonyl (C=O) groups excluding carboxylic acids is 3. The smallest absolute Gasteiger partial charge is 0.237 e. The Morgan fingerprint density at radius 1 is 1.16 bits per heavy atom. The van der Waals surface area contributed by atoms with Crippen LogP contribution in [-0.2, 0) is 19.8 Å². The highest BCUT2D eigenvalue weighted by Crippen LogP contribution is 2.55. The van der Waals surface area contributed by atoms with Crippen molar-refractivity contribution >= 4 is 23.4 Å². The van der Waals surface area contributed by atoms with Crippen LogP contribution in [0.15, 0.2) is 48.5 Å². The Hall–Kier alpha value is -3.35. The van der Waals surface area contributed by atoms with Crippen molar-refractivity contribution in [3.05, 3.63) is 59.7 Å². The van der Waals surface area contributed by atoms with Gasteiger partial charge >= 0.3 is 0 Å². The van der Waals surface area contributed by atoms with Gasteiger partial charge in [0.05, 0.1) is 13.2 Å². The van der Waals surface area contributed by atoms with E-state index in [9.17, 15) is 14.4 Å². The third-order valence-corrected chi connectivity index (χ3v) is 7.08. The van der Waals surface area contributed by atoms with Crippen LogP contribution in [0.2, 0.25) is 0 Å². The first-order valence-electron chi connectivity index (χ1n) is 11.2. The van der Waals surface area contributed by atoms with Gasteiger partial charge in [-0.15, -0.1) is 0 Å². The van der Waals surface area contributed by atoms with E-state index in [1.54, 1.807) is 12.0 Å². The topological polar surface area (TPSA) is 79.0 Å². The molecule has 3 aliphatic rings. The molecule has 3 amide bonds. The number of nitrogens with one attached hydrogen (secondary N) is 1. The molecule has 166 valence electrons. The lowest BCUT2D eigenvalue weighted by Crippen LogP contribution is -2.43. The van der Waals surface area contributed by atoms with Crippen LogP contribution >= 0.6 is 0 Å². The van der Waals surface area contributed by atoms with E-state index in [0.29, 0.717) is 38.2 Å². The number of hydrogen-bond donors (Lipinski definition) is 1. The lowest BCUT2D eigenvalue weighted by atomic mass is 9.72. The van der Waals surface area contributed by atoms with Crippen LogP contribution in [0.5, 0.6) is 5.75 Å². The van der Waals surface area contributed by atoms with E-state index in [-0.39, 0.29) is 24.1 Å². The maximum atomic E-state index is 13.4. The van der Waals surface area contributed by atoms with Gasteiger partial charge in [0.25, 0.3) is 0 Å². The minimum atomic E-state index is -0.845. The number of ether oxygens (including phenoxy) is 1. The van der Waals surface area contributed by atoms with Gasteiger partial charge in [0.2, 0.25) is 17.7 Å². The molecule has 2 aromatic carbocycles. The fourth-order valence-corrected chi connectivity index (χ4v) is 5.55. The van der Waals surface area contributed by atoms with Crippen LogP contribution in [0.1, 0.15) is 42.9 Å². The summed E-state index contributed by atoms with van der Waals surface area (Å²) in [5.74, 6) is 0.693. The SMILES string of the molecule is COc1cccc([C@@H]2N(C(=O)CCN3CCCC3=O)CC[C@]23C(=O)Nc2ccccc23)c1. The summed E-state index contributed by atoms with van der Waals surface area (Å²) in [6.45, 7) is 1.62. The van der Waals surface area contributed by atoms with Crippen LogP contribution in [0.4, 0.5) is 5.69 Å². The predicted octanol–water partition coefficient (Wildman–Crippen LogP) is 2.87. The molecule has 3 aliphatic heterocycles. The number of hydrogen-bond acceptors (Lipinski definition) is 4. The summed E-state index contributed by atoms with van der Waals surface area (Å²) >= 11 is 0. The van der Waals surface area contributed by atoms with Gasteiger partial charge < -0.3 is 19.9 Å². The third-order valence-electron chi connectivity index (χ3n) is 7.08. The van der Waals surface area contributed by atoms with Crippen molar-refractivity contribution in [2.75, 3.05) is 32.1 Å². The third kappa shape index (κ3) is 3.15. The Labute approximate surface area is 187 Å². The van der Waals surface area contributed by atoms with E-state index in [2.05, 4.69) is 5.32 Å². The fraction of sp³-hybridized carbons (Fsp3) is 0.400. The fourth-order valence-electron chi connectivity index (χ4n) is 5.55. The van der Waals surface area contributed by atoms with Gasteiger partial charge in [0.1, 0.15) is 11.2 Å². The molecule has 2 saturated heterocycles. The average Bonchev–Trinajstić information content (AvgIpc) is 3.49. The van der Waals surface area contributed by atoms with Gasteiger partial charge in [0.15, 0.2) is 0 Å². The lowest BCUT2D eigenvalue weighted by Gasteiger charge is -2.35. The highest BCUT2D eigenvalue weighted by molar-refractivity contribution is 6.07. The van der Waals surface area contributed by atoms with E-state index < -0.39 is 11.5 Å². The number of carbonyl (C=O) groups is 3.